The molecule has 5 nitrogen and oxygen atoms in total. The zero-order chi connectivity index (χ0) is 18.1. The van der Waals surface area contributed by atoms with Crippen molar-refractivity contribution in [1.82, 2.24) is 10.2 Å². The van der Waals surface area contributed by atoms with Crippen LogP contribution in [0.4, 0.5) is 0 Å². The summed E-state index contributed by atoms with van der Waals surface area (Å²) < 4.78 is 5.30. The van der Waals surface area contributed by atoms with Crippen molar-refractivity contribution in [2.45, 2.75) is 26.7 Å². The number of likely N-dealkylation sites (N-methyl/N-ethyl adjacent to an activating group) is 1. The van der Waals surface area contributed by atoms with Crippen molar-refractivity contribution >= 4 is 17.9 Å². The van der Waals surface area contributed by atoms with Gasteiger partial charge >= 0.3 is 0 Å². The number of benzene rings is 1. The van der Waals surface area contributed by atoms with Crippen LogP contribution in [0.15, 0.2) is 58.8 Å². The van der Waals surface area contributed by atoms with E-state index in [0.29, 0.717) is 24.4 Å². The summed E-state index contributed by atoms with van der Waals surface area (Å²) in [5.74, 6) is -0.0156. The van der Waals surface area contributed by atoms with E-state index in [2.05, 4.69) is 12.2 Å². The normalized spacial score (nSPS) is 11.2. The number of furan rings is 1. The second kappa shape index (κ2) is 9.47. The number of hydrogen-bond acceptors (Lipinski definition) is 3. The van der Waals surface area contributed by atoms with E-state index in [0.717, 1.165) is 12.8 Å². The summed E-state index contributed by atoms with van der Waals surface area (Å²) in [5, 5.41) is 2.73. The first-order valence-corrected chi connectivity index (χ1v) is 8.56. The molecule has 1 aromatic heterocycles. The molecule has 0 fully saturated rings. The van der Waals surface area contributed by atoms with Gasteiger partial charge < -0.3 is 14.6 Å². The highest BCUT2D eigenvalue weighted by Gasteiger charge is 2.20. The Morgan fingerprint density at radius 2 is 1.88 bits per heavy atom. The second-order valence-corrected chi connectivity index (χ2v) is 5.63. The topological polar surface area (TPSA) is 62.6 Å². The van der Waals surface area contributed by atoms with Crippen LogP contribution in [0.25, 0.3) is 6.08 Å². The molecule has 25 heavy (non-hydrogen) atoms. The maximum atomic E-state index is 12.9. The number of unbranched alkanes of at least 4 members (excludes halogenated alkanes) is 1. The molecule has 0 aliphatic heterocycles. The Hall–Kier alpha value is -2.82. The van der Waals surface area contributed by atoms with Crippen molar-refractivity contribution in [3.05, 3.63) is 65.7 Å². The first-order chi connectivity index (χ1) is 12.2. The molecular formula is C20H24N2O3. The molecular weight excluding hydrogens is 316 g/mol. The Balaban J connectivity index is 2.24. The molecule has 1 heterocycles. The lowest BCUT2D eigenvalue weighted by molar-refractivity contribution is -0.127. The highest BCUT2D eigenvalue weighted by atomic mass is 16.3. The fourth-order valence-corrected chi connectivity index (χ4v) is 2.37. The average Bonchev–Trinajstić information content (AvgIpc) is 3.15. The minimum atomic E-state index is -0.321. The van der Waals surface area contributed by atoms with Crippen LogP contribution in [0.2, 0.25) is 0 Å². The van der Waals surface area contributed by atoms with E-state index in [1.807, 2.05) is 13.0 Å². The number of nitrogens with zero attached hydrogens (tertiary/aromatic N) is 1. The molecule has 2 aromatic rings. The maximum Gasteiger partial charge on any atom is 0.270 e. The van der Waals surface area contributed by atoms with Crippen LogP contribution in [-0.2, 0) is 4.79 Å². The molecule has 0 bridgehead atoms. The van der Waals surface area contributed by atoms with E-state index in [9.17, 15) is 9.59 Å². The van der Waals surface area contributed by atoms with E-state index in [4.69, 9.17) is 4.42 Å². The number of nitrogens with one attached hydrogen (secondary N) is 1. The Bertz CT molecular complexity index is 706. The Kier molecular flexibility index (Phi) is 7.01. The van der Waals surface area contributed by atoms with Crippen LogP contribution in [0.3, 0.4) is 0 Å². The summed E-state index contributed by atoms with van der Waals surface area (Å²) in [5.41, 5.74) is 0.707. The van der Waals surface area contributed by atoms with Crippen LogP contribution in [0.5, 0.6) is 0 Å². The van der Waals surface area contributed by atoms with Gasteiger partial charge in [-0.05, 0) is 37.6 Å². The van der Waals surface area contributed by atoms with Crippen LogP contribution in [-0.4, -0.2) is 29.8 Å². The maximum absolute atomic E-state index is 12.9. The fourth-order valence-electron chi connectivity index (χ4n) is 2.37. The quantitative estimate of drug-likeness (QED) is 0.745. The number of carbonyl (C=O) groups excluding carboxylic acids is 2. The van der Waals surface area contributed by atoms with E-state index < -0.39 is 0 Å². The number of amides is 2. The standard InChI is InChI=1S/C20H24N2O3/c1-3-5-13-22(4-2)20(24)18(15-17-12-9-14-25-17)21-19(23)16-10-7-6-8-11-16/h6-12,14-15H,3-5,13H2,1-2H3,(H,21,23)/b18-15-. The van der Waals surface area contributed by atoms with Crippen molar-refractivity contribution in [2.24, 2.45) is 0 Å². The minimum Gasteiger partial charge on any atom is -0.465 e. The van der Waals surface area contributed by atoms with Gasteiger partial charge in [0.2, 0.25) is 0 Å². The first-order valence-electron chi connectivity index (χ1n) is 8.56. The van der Waals surface area contributed by atoms with E-state index in [1.54, 1.807) is 47.4 Å². The van der Waals surface area contributed by atoms with Gasteiger partial charge in [0.05, 0.1) is 6.26 Å². The Morgan fingerprint density at radius 1 is 1.12 bits per heavy atom. The molecule has 0 radical (unpaired) electrons. The van der Waals surface area contributed by atoms with Gasteiger partial charge in [0.25, 0.3) is 11.8 Å². The molecule has 0 atom stereocenters. The van der Waals surface area contributed by atoms with E-state index in [1.165, 1.54) is 6.26 Å². The van der Waals surface area contributed by atoms with Gasteiger partial charge in [-0.2, -0.15) is 0 Å². The van der Waals surface area contributed by atoms with Crippen LogP contribution < -0.4 is 5.32 Å². The van der Waals surface area contributed by atoms with Crippen LogP contribution in [0, 0.1) is 0 Å². The third-order valence-corrected chi connectivity index (χ3v) is 3.79. The van der Waals surface area contributed by atoms with Crippen molar-refractivity contribution < 1.29 is 14.0 Å². The van der Waals surface area contributed by atoms with Crippen molar-refractivity contribution in [1.29, 1.82) is 0 Å². The van der Waals surface area contributed by atoms with Gasteiger partial charge in [-0.15, -0.1) is 0 Å². The molecule has 1 aromatic carbocycles. The minimum absolute atomic E-state index is 0.210. The molecule has 0 aliphatic rings. The number of hydrogen-bond donors (Lipinski definition) is 1. The summed E-state index contributed by atoms with van der Waals surface area (Å²) in [6.07, 6.45) is 5.01. The lowest BCUT2D eigenvalue weighted by Gasteiger charge is -2.22. The molecule has 2 amide bonds. The molecule has 0 spiro atoms. The van der Waals surface area contributed by atoms with Crippen molar-refractivity contribution in [2.75, 3.05) is 13.1 Å². The largest absolute Gasteiger partial charge is 0.465 e. The van der Waals surface area contributed by atoms with Crippen LogP contribution in [0.1, 0.15) is 42.8 Å². The smallest absolute Gasteiger partial charge is 0.270 e. The zero-order valence-electron chi connectivity index (χ0n) is 14.7. The first kappa shape index (κ1) is 18.5. The molecule has 2 rings (SSSR count). The van der Waals surface area contributed by atoms with Gasteiger partial charge in [0, 0.05) is 24.7 Å². The third kappa shape index (κ3) is 5.35. The molecule has 1 N–H and O–H groups in total. The lowest BCUT2D eigenvalue weighted by atomic mass is 10.2. The third-order valence-electron chi connectivity index (χ3n) is 3.79. The van der Waals surface area contributed by atoms with Gasteiger partial charge in [-0.25, -0.2) is 0 Å². The van der Waals surface area contributed by atoms with E-state index >= 15 is 0 Å². The summed E-state index contributed by atoms with van der Waals surface area (Å²) in [7, 11) is 0. The predicted octanol–water partition coefficient (Wildman–Crippen LogP) is 3.70. The summed E-state index contributed by atoms with van der Waals surface area (Å²) >= 11 is 0. The molecule has 0 saturated carbocycles. The average molecular weight is 340 g/mol. The van der Waals surface area contributed by atoms with Gasteiger partial charge in [0.15, 0.2) is 0 Å². The summed E-state index contributed by atoms with van der Waals surface area (Å²) in [4.78, 5) is 27.1. The highest BCUT2D eigenvalue weighted by Crippen LogP contribution is 2.11. The van der Waals surface area contributed by atoms with Crippen LogP contribution >= 0.6 is 0 Å². The second-order valence-electron chi connectivity index (χ2n) is 5.63. The number of rotatable bonds is 8. The van der Waals surface area contributed by atoms with Gasteiger partial charge in [-0.3, -0.25) is 9.59 Å². The monoisotopic (exact) mass is 340 g/mol. The molecule has 0 unspecified atom stereocenters. The molecule has 5 heteroatoms. The molecule has 0 aliphatic carbocycles. The van der Waals surface area contributed by atoms with Gasteiger partial charge in [0.1, 0.15) is 11.5 Å². The van der Waals surface area contributed by atoms with E-state index in [-0.39, 0.29) is 17.5 Å². The number of carbonyl (C=O) groups is 2. The zero-order valence-corrected chi connectivity index (χ0v) is 14.7. The highest BCUT2D eigenvalue weighted by molar-refractivity contribution is 6.05. The Labute approximate surface area is 148 Å². The SMILES string of the molecule is CCCCN(CC)C(=O)/C(=C/c1ccco1)NC(=O)c1ccccc1. The fraction of sp³-hybridized carbons (Fsp3) is 0.300. The summed E-state index contributed by atoms with van der Waals surface area (Å²) in [6.45, 7) is 5.24. The van der Waals surface area contributed by atoms with Crippen molar-refractivity contribution in [3.8, 4) is 0 Å². The van der Waals surface area contributed by atoms with Crippen molar-refractivity contribution in [3.63, 3.8) is 0 Å². The predicted molar refractivity (Wildman–Crippen MR) is 97.8 cm³/mol. The molecule has 132 valence electrons. The van der Waals surface area contributed by atoms with Gasteiger partial charge in [-0.1, -0.05) is 31.5 Å². The Morgan fingerprint density at radius 3 is 2.48 bits per heavy atom. The summed E-state index contributed by atoms with van der Waals surface area (Å²) in [6, 6.07) is 12.3. The lowest BCUT2D eigenvalue weighted by Crippen LogP contribution is -2.38. The molecule has 0 saturated heterocycles.